The van der Waals surface area contributed by atoms with Gasteiger partial charge >= 0.3 is 0 Å². The topological polar surface area (TPSA) is 0 Å². The van der Waals surface area contributed by atoms with E-state index in [1.54, 1.807) is 0 Å². The van der Waals surface area contributed by atoms with E-state index >= 15 is 0 Å². The molecule has 0 nitrogen and oxygen atoms in total. The number of halogens is 1. The van der Waals surface area contributed by atoms with Crippen molar-refractivity contribution in [3.05, 3.63) is 0 Å². The van der Waals surface area contributed by atoms with Gasteiger partial charge in [0, 0.05) is 176 Å². The van der Waals surface area contributed by atoms with Crippen LogP contribution in [0, 0.1) is 0 Å². The second-order valence-electron chi connectivity index (χ2n) is 0. The van der Waals surface area contributed by atoms with Crippen molar-refractivity contribution in [1.29, 1.82) is 0 Å². The van der Waals surface area contributed by atoms with Crippen molar-refractivity contribution in [3.63, 3.8) is 0 Å². The maximum atomic E-state index is 0. The monoisotopic (exact) mass is 424 g/mol. The summed E-state index contributed by atoms with van der Waals surface area (Å²) in [5.41, 5.74) is 0. The van der Waals surface area contributed by atoms with Crippen LogP contribution in [0.1, 0.15) is 0 Å². The molecule has 0 amide bonds. The van der Waals surface area contributed by atoms with Crippen LogP contribution in [-0.2, 0) is 17.1 Å². The molecule has 0 aliphatic carbocycles. The first kappa shape index (κ1) is 60.7. The summed E-state index contributed by atoms with van der Waals surface area (Å²) in [6.45, 7) is 0. The van der Waals surface area contributed by atoms with Crippen LogP contribution >= 0.6 is 33.9 Å². The quantitative estimate of drug-likeness (QED) is 0.260. The molecular formula is H4CaFeIKMgNaPSe. The molecule has 0 fully saturated rings. The van der Waals surface area contributed by atoms with E-state index < -0.39 is 0 Å². The molecule has 0 spiro atoms. The summed E-state index contributed by atoms with van der Waals surface area (Å²) in [5.74, 6) is 0. The molecule has 1 unspecified atom stereocenters. The zero-order valence-corrected chi connectivity index (χ0v) is 20.6. The molecule has 0 aromatic heterocycles. The summed E-state index contributed by atoms with van der Waals surface area (Å²) in [5, 5.41) is 0. The van der Waals surface area contributed by atoms with Crippen LogP contribution in [0.2, 0.25) is 0 Å². The van der Waals surface area contributed by atoms with Crippen molar-refractivity contribution >= 4 is 193 Å². The van der Waals surface area contributed by atoms with Crippen LogP contribution < -0.4 is 0 Å². The Bertz CT molecular complexity index is 24.0. The molecule has 36 valence electrons. The van der Waals surface area contributed by atoms with E-state index in [9.17, 15) is 0 Å². The van der Waals surface area contributed by atoms with E-state index in [0.29, 0.717) is 0 Å². The molecule has 8 radical (unpaired) electrons. The van der Waals surface area contributed by atoms with Crippen LogP contribution in [-0.4, -0.2) is 159 Å². The van der Waals surface area contributed by atoms with E-state index in [1.165, 1.54) is 0 Å². The molecule has 0 aromatic rings. The Labute approximate surface area is 203 Å². The summed E-state index contributed by atoms with van der Waals surface area (Å²) >= 11 is 0. The third-order valence-electron chi connectivity index (χ3n) is 0. The molecule has 0 bridgehead atoms. The van der Waals surface area contributed by atoms with Gasteiger partial charge in [0.15, 0.2) is 0 Å². The molecular weight excluding hydrogens is 419 g/mol. The van der Waals surface area contributed by atoms with E-state index in [1.807, 2.05) is 0 Å². The van der Waals surface area contributed by atoms with Crippen molar-refractivity contribution in [1.82, 2.24) is 0 Å². The van der Waals surface area contributed by atoms with Crippen molar-refractivity contribution in [2.24, 2.45) is 0 Å². The standard InChI is InChI=1S/Ca.Fe.HI.K.Mg.Na.H3P.Se/h;;1H;;;;1H3;. The van der Waals surface area contributed by atoms with E-state index in [4.69, 9.17) is 0 Å². The second kappa shape index (κ2) is 48.7. The van der Waals surface area contributed by atoms with Crippen LogP contribution in [0.15, 0.2) is 0 Å². The molecule has 8 heavy (non-hydrogen) atoms. The first-order valence-electron chi connectivity index (χ1n) is 0. The van der Waals surface area contributed by atoms with Gasteiger partial charge in [-0.25, -0.2) is 0 Å². The second-order valence-corrected chi connectivity index (χ2v) is 0. The minimum absolute atomic E-state index is 0. The molecule has 0 aliphatic heterocycles. The predicted octanol–water partition coefficient (Wildman–Crippen LogP) is -1.23. The maximum Gasteiger partial charge on any atom is 0 e. The van der Waals surface area contributed by atoms with Gasteiger partial charge in [-0.2, -0.15) is 9.90 Å². The fourth-order valence-corrected chi connectivity index (χ4v) is 0. The molecule has 0 aromatic carbocycles. The fourth-order valence-electron chi connectivity index (χ4n) is 0. The van der Waals surface area contributed by atoms with Gasteiger partial charge < -0.3 is 0 Å². The summed E-state index contributed by atoms with van der Waals surface area (Å²) in [4.78, 5) is 0. The summed E-state index contributed by atoms with van der Waals surface area (Å²) in [7, 11) is 0. The first-order chi connectivity index (χ1) is 0. The smallest absolute Gasteiger partial charge is 0 e. The van der Waals surface area contributed by atoms with Crippen molar-refractivity contribution < 1.29 is 17.1 Å². The van der Waals surface area contributed by atoms with Crippen molar-refractivity contribution in [2.45, 2.75) is 0 Å². The van der Waals surface area contributed by atoms with Crippen molar-refractivity contribution in [2.75, 3.05) is 0 Å². The Kier molecular flexibility index (Phi) is 369. The molecule has 0 saturated heterocycles. The number of hydrogen-bond acceptors (Lipinski definition) is 0. The van der Waals surface area contributed by atoms with Crippen molar-refractivity contribution in [3.8, 4) is 0 Å². The fraction of sp³-hybridized carbons (Fsp3) is 0. The summed E-state index contributed by atoms with van der Waals surface area (Å²) in [6.07, 6.45) is 0. The van der Waals surface area contributed by atoms with Crippen LogP contribution in [0.5, 0.6) is 0 Å². The molecule has 0 N–H and O–H groups in total. The van der Waals surface area contributed by atoms with Gasteiger partial charge in [0.2, 0.25) is 0 Å². The average molecular weight is 423 g/mol. The Morgan fingerprint density at radius 1 is 1.00 bits per heavy atom. The van der Waals surface area contributed by atoms with E-state index in [2.05, 4.69) is 0 Å². The third kappa shape index (κ3) is 38.4. The Morgan fingerprint density at radius 2 is 1.00 bits per heavy atom. The maximum absolute atomic E-state index is 0. The van der Waals surface area contributed by atoms with Gasteiger partial charge in [-0.05, 0) is 0 Å². The van der Waals surface area contributed by atoms with Gasteiger partial charge in [0.05, 0.1) is 0 Å². The van der Waals surface area contributed by atoms with E-state index in [0.717, 1.165) is 0 Å². The van der Waals surface area contributed by atoms with Gasteiger partial charge in [-0.1, -0.05) is 0 Å². The molecule has 0 aliphatic rings. The van der Waals surface area contributed by atoms with Gasteiger partial charge in [0.25, 0.3) is 0 Å². The molecule has 0 rings (SSSR count). The molecule has 0 heterocycles. The van der Waals surface area contributed by atoms with Gasteiger partial charge in [-0.15, -0.1) is 24.0 Å². The average Bonchev–Trinajstić information content (AvgIpc) is 0. The summed E-state index contributed by atoms with van der Waals surface area (Å²) < 4.78 is 0. The Balaban J connectivity index is 0. The molecule has 0 saturated carbocycles. The zero-order chi connectivity index (χ0) is 0. The predicted molar refractivity (Wildman–Crippen MR) is 55.3 cm³/mol. The Hall–Kier alpha value is 6.86. The molecule has 1 atom stereocenters. The SMILES string of the molecule is I.P.[Ca].[Fe].[K].[Mg].[Na].[Se]. The largest absolute Gasteiger partial charge is 0.153 e. The van der Waals surface area contributed by atoms with Crippen LogP contribution in [0.4, 0.5) is 0 Å². The normalized spacial score (nSPS) is 0. The molecule has 8 heteroatoms. The minimum Gasteiger partial charge on any atom is -0.153 e. The number of hydrogen-bond donors (Lipinski definition) is 0. The third-order valence-corrected chi connectivity index (χ3v) is 0. The minimum atomic E-state index is 0. The van der Waals surface area contributed by atoms with Gasteiger partial charge in [-0.3, -0.25) is 0 Å². The van der Waals surface area contributed by atoms with Crippen LogP contribution in [0.3, 0.4) is 0 Å². The summed E-state index contributed by atoms with van der Waals surface area (Å²) in [6, 6.07) is 0. The first-order valence-corrected chi connectivity index (χ1v) is 0. The van der Waals surface area contributed by atoms with E-state index in [-0.39, 0.29) is 210 Å². The Morgan fingerprint density at radius 3 is 1.00 bits per heavy atom. The van der Waals surface area contributed by atoms with Crippen LogP contribution in [0.25, 0.3) is 0 Å². The number of rotatable bonds is 0. The van der Waals surface area contributed by atoms with Gasteiger partial charge in [0.1, 0.15) is 0 Å². The zero-order valence-electron chi connectivity index (χ0n) is 5.29.